The predicted molar refractivity (Wildman–Crippen MR) is 77.8 cm³/mol. The van der Waals surface area contributed by atoms with E-state index in [1.54, 1.807) is 17.0 Å². The molecular formula is C16H21N3O. The van der Waals surface area contributed by atoms with E-state index in [0.29, 0.717) is 12.1 Å². The van der Waals surface area contributed by atoms with Crippen LogP contribution >= 0.6 is 0 Å². The Morgan fingerprint density at radius 3 is 2.65 bits per heavy atom. The van der Waals surface area contributed by atoms with Gasteiger partial charge in [-0.3, -0.25) is 4.79 Å². The number of hydrogen-bond acceptors (Lipinski definition) is 3. The van der Waals surface area contributed by atoms with E-state index >= 15 is 0 Å². The first-order valence-corrected chi connectivity index (χ1v) is 7.06. The average Bonchev–Trinajstić information content (AvgIpc) is 2.97. The average molecular weight is 271 g/mol. The number of nitriles is 1. The Bertz CT molecular complexity index is 510. The fourth-order valence-electron chi connectivity index (χ4n) is 2.81. The minimum Gasteiger partial charge on any atom is -0.341 e. The predicted octanol–water partition coefficient (Wildman–Crippen LogP) is 1.91. The highest BCUT2D eigenvalue weighted by atomic mass is 16.2. The van der Waals surface area contributed by atoms with Crippen LogP contribution in [0.15, 0.2) is 24.3 Å². The molecule has 1 fully saturated rings. The Labute approximate surface area is 120 Å². The summed E-state index contributed by atoms with van der Waals surface area (Å²) in [5, 5.41) is 12.1. The molecule has 1 aromatic carbocycles. The van der Waals surface area contributed by atoms with Gasteiger partial charge >= 0.3 is 0 Å². The van der Waals surface area contributed by atoms with E-state index < -0.39 is 0 Å². The molecular weight excluding hydrogens is 250 g/mol. The van der Waals surface area contributed by atoms with Gasteiger partial charge in [-0.1, -0.05) is 19.1 Å². The van der Waals surface area contributed by atoms with Crippen LogP contribution in [0.3, 0.4) is 0 Å². The molecule has 1 N–H and O–H groups in total. The number of carbonyl (C=O) groups is 1. The largest absolute Gasteiger partial charge is 0.341 e. The van der Waals surface area contributed by atoms with E-state index in [1.807, 2.05) is 19.2 Å². The summed E-state index contributed by atoms with van der Waals surface area (Å²) in [6.07, 6.45) is 1.79. The molecule has 0 aromatic heterocycles. The zero-order chi connectivity index (χ0) is 14.6. The standard InChI is InChI=1S/C16H21N3O/c1-3-16(8-9-18-12-16)15(20)19(2)11-14-6-4-13(10-17)5-7-14/h4-7,18H,3,8-9,11-12H2,1-2H3. The Hall–Kier alpha value is -1.86. The second kappa shape index (κ2) is 6.06. The van der Waals surface area contributed by atoms with Crippen LogP contribution in [-0.4, -0.2) is 30.9 Å². The maximum Gasteiger partial charge on any atom is 0.230 e. The lowest BCUT2D eigenvalue weighted by Crippen LogP contribution is -2.42. The van der Waals surface area contributed by atoms with Crippen LogP contribution < -0.4 is 5.32 Å². The highest BCUT2D eigenvalue weighted by molar-refractivity contribution is 5.83. The van der Waals surface area contributed by atoms with Gasteiger partial charge in [-0.2, -0.15) is 5.26 Å². The molecule has 1 atom stereocenters. The molecule has 1 saturated heterocycles. The van der Waals surface area contributed by atoms with Crippen LogP contribution in [0.5, 0.6) is 0 Å². The van der Waals surface area contributed by atoms with Gasteiger partial charge in [0.05, 0.1) is 17.0 Å². The topological polar surface area (TPSA) is 56.1 Å². The summed E-state index contributed by atoms with van der Waals surface area (Å²) >= 11 is 0. The minimum atomic E-state index is -0.235. The lowest BCUT2D eigenvalue weighted by molar-refractivity contribution is -0.140. The first-order chi connectivity index (χ1) is 9.61. The highest BCUT2D eigenvalue weighted by Gasteiger charge is 2.41. The minimum absolute atomic E-state index is 0.217. The fourth-order valence-corrected chi connectivity index (χ4v) is 2.81. The van der Waals surface area contributed by atoms with Crippen molar-refractivity contribution < 1.29 is 4.79 Å². The van der Waals surface area contributed by atoms with Crippen LogP contribution in [0, 0.1) is 16.7 Å². The molecule has 0 bridgehead atoms. The third kappa shape index (κ3) is 2.83. The lowest BCUT2D eigenvalue weighted by atomic mass is 9.83. The molecule has 2 rings (SSSR count). The van der Waals surface area contributed by atoms with Crippen LogP contribution in [0.4, 0.5) is 0 Å². The van der Waals surface area contributed by atoms with Gasteiger partial charge in [-0.25, -0.2) is 0 Å². The first kappa shape index (κ1) is 14.5. The van der Waals surface area contributed by atoms with E-state index in [1.165, 1.54) is 0 Å². The van der Waals surface area contributed by atoms with E-state index in [0.717, 1.165) is 31.5 Å². The molecule has 4 heteroatoms. The molecule has 0 spiro atoms. The fraction of sp³-hybridized carbons (Fsp3) is 0.500. The van der Waals surface area contributed by atoms with Crippen LogP contribution in [0.25, 0.3) is 0 Å². The first-order valence-electron chi connectivity index (χ1n) is 7.06. The smallest absolute Gasteiger partial charge is 0.230 e. The number of carbonyl (C=O) groups excluding carboxylic acids is 1. The second-order valence-electron chi connectivity index (χ2n) is 5.53. The molecule has 0 aliphatic carbocycles. The molecule has 1 aliphatic heterocycles. The number of rotatable bonds is 4. The molecule has 4 nitrogen and oxygen atoms in total. The Morgan fingerprint density at radius 2 is 2.15 bits per heavy atom. The number of benzene rings is 1. The number of hydrogen-bond donors (Lipinski definition) is 1. The highest BCUT2D eigenvalue weighted by Crippen LogP contribution is 2.31. The third-order valence-corrected chi connectivity index (χ3v) is 4.22. The van der Waals surface area contributed by atoms with E-state index in [-0.39, 0.29) is 11.3 Å². The Balaban J connectivity index is 2.05. The Kier molecular flexibility index (Phi) is 4.41. The second-order valence-corrected chi connectivity index (χ2v) is 5.53. The Morgan fingerprint density at radius 1 is 1.45 bits per heavy atom. The van der Waals surface area contributed by atoms with Gasteiger partial charge < -0.3 is 10.2 Å². The van der Waals surface area contributed by atoms with Crippen molar-refractivity contribution in [3.05, 3.63) is 35.4 Å². The van der Waals surface area contributed by atoms with Gasteiger partial charge in [0.2, 0.25) is 5.91 Å². The van der Waals surface area contributed by atoms with Crippen LogP contribution in [0.2, 0.25) is 0 Å². The summed E-state index contributed by atoms with van der Waals surface area (Å²) < 4.78 is 0. The number of amides is 1. The van der Waals surface area contributed by atoms with Crippen molar-refractivity contribution >= 4 is 5.91 Å². The van der Waals surface area contributed by atoms with E-state index in [4.69, 9.17) is 5.26 Å². The molecule has 106 valence electrons. The summed E-state index contributed by atoms with van der Waals surface area (Å²) in [5.74, 6) is 0.217. The lowest BCUT2D eigenvalue weighted by Gasteiger charge is -2.31. The van der Waals surface area contributed by atoms with Crippen molar-refractivity contribution in [1.29, 1.82) is 5.26 Å². The molecule has 1 aliphatic rings. The van der Waals surface area contributed by atoms with Crippen LogP contribution in [-0.2, 0) is 11.3 Å². The zero-order valence-electron chi connectivity index (χ0n) is 12.1. The van der Waals surface area contributed by atoms with Gasteiger partial charge in [0, 0.05) is 20.1 Å². The van der Waals surface area contributed by atoms with Crippen molar-refractivity contribution in [3.8, 4) is 6.07 Å². The maximum absolute atomic E-state index is 12.7. The summed E-state index contributed by atoms with van der Waals surface area (Å²) in [6.45, 7) is 4.37. The van der Waals surface area contributed by atoms with Gasteiger partial charge in [-0.15, -0.1) is 0 Å². The molecule has 20 heavy (non-hydrogen) atoms. The quantitative estimate of drug-likeness (QED) is 0.910. The van der Waals surface area contributed by atoms with E-state index in [9.17, 15) is 4.79 Å². The monoisotopic (exact) mass is 271 g/mol. The molecule has 1 heterocycles. The summed E-state index contributed by atoms with van der Waals surface area (Å²) in [4.78, 5) is 14.5. The van der Waals surface area contributed by atoms with E-state index in [2.05, 4.69) is 18.3 Å². The summed E-state index contributed by atoms with van der Waals surface area (Å²) in [6, 6.07) is 9.51. The number of nitrogens with one attached hydrogen (secondary N) is 1. The van der Waals surface area contributed by atoms with Crippen molar-refractivity contribution in [2.45, 2.75) is 26.3 Å². The van der Waals surface area contributed by atoms with Gasteiger partial charge in [0.15, 0.2) is 0 Å². The molecule has 0 radical (unpaired) electrons. The van der Waals surface area contributed by atoms with Crippen molar-refractivity contribution in [3.63, 3.8) is 0 Å². The molecule has 0 saturated carbocycles. The SMILES string of the molecule is CCC1(C(=O)N(C)Cc2ccc(C#N)cc2)CCNC1. The van der Waals surface area contributed by atoms with Gasteiger partial charge in [-0.05, 0) is 37.1 Å². The van der Waals surface area contributed by atoms with Crippen molar-refractivity contribution in [1.82, 2.24) is 10.2 Å². The number of nitrogens with zero attached hydrogens (tertiary/aromatic N) is 2. The maximum atomic E-state index is 12.7. The van der Waals surface area contributed by atoms with Crippen molar-refractivity contribution in [2.75, 3.05) is 20.1 Å². The normalized spacial score (nSPS) is 21.4. The molecule has 1 unspecified atom stereocenters. The summed E-state index contributed by atoms with van der Waals surface area (Å²) in [5.41, 5.74) is 1.46. The summed E-state index contributed by atoms with van der Waals surface area (Å²) in [7, 11) is 1.86. The molecule has 1 amide bonds. The third-order valence-electron chi connectivity index (χ3n) is 4.22. The zero-order valence-corrected chi connectivity index (χ0v) is 12.1. The van der Waals surface area contributed by atoms with Gasteiger partial charge in [0.25, 0.3) is 0 Å². The van der Waals surface area contributed by atoms with Gasteiger partial charge in [0.1, 0.15) is 0 Å². The van der Waals surface area contributed by atoms with Crippen molar-refractivity contribution in [2.24, 2.45) is 5.41 Å². The van der Waals surface area contributed by atoms with Crippen LogP contribution in [0.1, 0.15) is 30.9 Å². The molecule has 1 aromatic rings.